The van der Waals surface area contributed by atoms with E-state index in [1.54, 1.807) is 0 Å². The summed E-state index contributed by atoms with van der Waals surface area (Å²) in [5, 5.41) is 0. The quantitative estimate of drug-likeness (QED) is 0.419. The van der Waals surface area contributed by atoms with Gasteiger partial charge in [-0.1, -0.05) is 0 Å². The van der Waals surface area contributed by atoms with E-state index in [-0.39, 0.29) is 18.9 Å². The van der Waals surface area contributed by atoms with Crippen molar-refractivity contribution in [1.82, 2.24) is 0 Å². The van der Waals surface area contributed by atoms with Gasteiger partial charge in [0.05, 0.1) is 0 Å². The third-order valence-electron chi connectivity index (χ3n) is 0.163. The molecule has 0 aromatic heterocycles. The summed E-state index contributed by atoms with van der Waals surface area (Å²) in [5.41, 5.74) is 0. The first-order chi connectivity index (χ1) is 3.06. The van der Waals surface area contributed by atoms with E-state index in [2.05, 4.69) is 4.44 Å². The molecular formula is HBF3LiO2P. The molecular weight excluding hydrogens is 138 g/mol. The van der Waals surface area contributed by atoms with E-state index < -0.39 is 15.7 Å². The van der Waals surface area contributed by atoms with Crippen molar-refractivity contribution in [2.24, 2.45) is 0 Å². The van der Waals surface area contributed by atoms with Gasteiger partial charge in [0.2, 0.25) is 0 Å². The zero-order chi connectivity index (χ0) is 5.91. The van der Waals surface area contributed by atoms with Crippen LogP contribution in [0.25, 0.3) is 0 Å². The maximum absolute atomic E-state index is 10.8. The second kappa shape index (κ2) is 4.51. The SMILES string of the molecule is O=P(F)(F)O[B]F.[LiH]. The second-order valence-corrected chi connectivity index (χ2v) is 1.65. The van der Waals surface area contributed by atoms with Crippen LogP contribution < -0.4 is 0 Å². The summed E-state index contributed by atoms with van der Waals surface area (Å²) in [7, 11) is -6.40. The molecule has 0 heterocycles. The summed E-state index contributed by atoms with van der Waals surface area (Å²) in [6.45, 7) is 0. The van der Waals surface area contributed by atoms with Gasteiger partial charge in [-0.05, 0) is 0 Å². The van der Waals surface area contributed by atoms with Gasteiger partial charge in [-0.2, -0.15) is 0 Å². The molecule has 0 aromatic rings. The average Bonchev–Trinajstić information content (AvgIpc) is 1.30. The van der Waals surface area contributed by atoms with Crippen LogP contribution in [0.2, 0.25) is 0 Å². The number of hydrogen-bond acceptors (Lipinski definition) is 2. The Morgan fingerprint density at radius 2 is 1.88 bits per heavy atom. The molecule has 0 spiro atoms. The van der Waals surface area contributed by atoms with Gasteiger partial charge in [-0.15, -0.1) is 8.39 Å². The first-order valence-corrected chi connectivity index (χ1v) is 2.56. The van der Waals surface area contributed by atoms with E-state index in [1.807, 2.05) is 0 Å². The van der Waals surface area contributed by atoms with E-state index in [4.69, 9.17) is 4.57 Å². The van der Waals surface area contributed by atoms with Gasteiger partial charge in [0.25, 0.3) is 0 Å². The van der Waals surface area contributed by atoms with Crippen molar-refractivity contribution in [3.8, 4) is 0 Å². The fourth-order valence-corrected chi connectivity index (χ4v) is 0.139. The summed E-state index contributed by atoms with van der Waals surface area (Å²) < 4.78 is 43.7. The van der Waals surface area contributed by atoms with Gasteiger partial charge in [-0.25, -0.2) is 4.57 Å². The minimum absolute atomic E-state index is 0. The van der Waals surface area contributed by atoms with Crippen LogP contribution in [-0.4, -0.2) is 26.6 Å². The van der Waals surface area contributed by atoms with E-state index in [9.17, 15) is 12.7 Å². The van der Waals surface area contributed by atoms with Crippen LogP contribution in [0.15, 0.2) is 0 Å². The minimum atomic E-state index is -5.60. The molecule has 0 unspecified atom stereocenters. The molecule has 0 aliphatic heterocycles. The molecule has 2 nitrogen and oxygen atoms in total. The van der Waals surface area contributed by atoms with Crippen LogP contribution in [0.1, 0.15) is 0 Å². The molecule has 0 aliphatic rings. The number of halogens is 3. The third-order valence-corrected chi connectivity index (χ3v) is 0.488. The Kier molecular flexibility index (Phi) is 6.46. The van der Waals surface area contributed by atoms with Crippen LogP contribution in [0.3, 0.4) is 0 Å². The fraction of sp³-hybridized carbons (Fsp3) is 0. The first-order valence-electron chi connectivity index (χ1n) is 1.16. The molecule has 0 saturated carbocycles. The Morgan fingerprint density at radius 1 is 1.50 bits per heavy atom. The molecule has 1 radical (unpaired) electrons. The molecule has 0 N–H and O–H groups in total. The maximum atomic E-state index is 10.8. The van der Waals surface area contributed by atoms with Crippen molar-refractivity contribution >= 4 is 34.6 Å². The van der Waals surface area contributed by atoms with Crippen molar-refractivity contribution in [3.63, 3.8) is 0 Å². The molecule has 0 saturated heterocycles. The fourth-order valence-electron chi connectivity index (χ4n) is 0.0464. The molecule has 0 bridgehead atoms. The predicted octanol–water partition coefficient (Wildman–Crippen LogP) is 0.905. The van der Waals surface area contributed by atoms with Gasteiger partial charge in [0.1, 0.15) is 0 Å². The van der Waals surface area contributed by atoms with Crippen molar-refractivity contribution < 1.29 is 21.7 Å². The Labute approximate surface area is 57.0 Å². The van der Waals surface area contributed by atoms with Crippen LogP contribution in [0.5, 0.6) is 0 Å². The van der Waals surface area contributed by atoms with E-state index in [1.165, 1.54) is 0 Å². The molecule has 43 valence electrons. The van der Waals surface area contributed by atoms with Crippen LogP contribution in [-0.2, 0) is 9.01 Å². The van der Waals surface area contributed by atoms with E-state index in [0.29, 0.717) is 0 Å². The van der Waals surface area contributed by atoms with Crippen LogP contribution in [0, 0.1) is 0 Å². The van der Waals surface area contributed by atoms with Gasteiger partial charge in [-0.3, -0.25) is 4.32 Å². The zero-order valence-corrected chi connectivity index (χ0v) is 3.87. The third kappa shape index (κ3) is 9.81. The topological polar surface area (TPSA) is 26.3 Å². The van der Waals surface area contributed by atoms with Gasteiger partial charge in [0, 0.05) is 0 Å². The molecule has 0 aromatic carbocycles. The van der Waals surface area contributed by atoms with Gasteiger partial charge >= 0.3 is 34.6 Å². The molecule has 8 heavy (non-hydrogen) atoms. The summed E-state index contributed by atoms with van der Waals surface area (Å²) in [4.78, 5) is 0. The molecule has 0 rings (SSSR count). The molecule has 0 fully saturated rings. The summed E-state index contributed by atoms with van der Waals surface area (Å²) in [6, 6.07) is 0. The molecule has 8 heteroatoms. The zero-order valence-electron chi connectivity index (χ0n) is 2.97. The Bertz CT molecular complexity index is 91.3. The van der Waals surface area contributed by atoms with Crippen molar-refractivity contribution in [1.29, 1.82) is 0 Å². The van der Waals surface area contributed by atoms with Gasteiger partial charge in [0.15, 0.2) is 0 Å². The number of hydrogen-bond donors (Lipinski definition) is 0. The van der Waals surface area contributed by atoms with Crippen molar-refractivity contribution in [2.75, 3.05) is 0 Å². The summed E-state index contributed by atoms with van der Waals surface area (Å²) >= 11 is 0. The normalized spacial score (nSPS) is 9.88. The van der Waals surface area contributed by atoms with Crippen LogP contribution >= 0.6 is 7.99 Å². The Balaban J connectivity index is 0. The van der Waals surface area contributed by atoms with E-state index in [0.717, 1.165) is 0 Å². The first kappa shape index (κ1) is 11.4. The summed E-state index contributed by atoms with van der Waals surface area (Å²) in [6.07, 6.45) is 0. The Hall–Kier alpha value is 0.642. The van der Waals surface area contributed by atoms with Crippen molar-refractivity contribution in [2.45, 2.75) is 0 Å². The molecule has 0 atom stereocenters. The summed E-state index contributed by atoms with van der Waals surface area (Å²) in [5.74, 6) is 0. The van der Waals surface area contributed by atoms with Crippen molar-refractivity contribution in [3.05, 3.63) is 0 Å². The molecule has 0 amide bonds. The predicted molar refractivity (Wildman–Crippen MR) is 24.9 cm³/mol. The standard InChI is InChI=1S/BF3O2P.Li.H/c2-1-6-7(3,4)5;;. The second-order valence-electron chi connectivity index (χ2n) is 0.609. The monoisotopic (exact) mass is 139 g/mol. The molecule has 0 aliphatic carbocycles. The average molecular weight is 139 g/mol. The Morgan fingerprint density at radius 3 is 1.88 bits per heavy atom. The number of rotatable bonds is 2. The van der Waals surface area contributed by atoms with Crippen LogP contribution in [0.4, 0.5) is 12.7 Å². The van der Waals surface area contributed by atoms with E-state index >= 15 is 0 Å². The van der Waals surface area contributed by atoms with Gasteiger partial charge < -0.3 is 4.44 Å².